The SMILES string of the molecule is COc1c(O)cc2oc(-c3ccc([N+](=O)[O-])cc3)cc(=O)c2c1O. The molecule has 0 aliphatic carbocycles. The van der Waals surface area contributed by atoms with Crippen LogP contribution in [0.15, 0.2) is 45.6 Å². The molecule has 0 saturated heterocycles. The lowest BCUT2D eigenvalue weighted by Gasteiger charge is -2.09. The molecule has 0 bridgehead atoms. The minimum atomic E-state index is -0.541. The predicted octanol–water partition coefficient (Wildman–Crippen LogP) is 2.79. The summed E-state index contributed by atoms with van der Waals surface area (Å²) in [6.07, 6.45) is 0. The molecule has 0 aliphatic heterocycles. The molecule has 0 atom stereocenters. The van der Waals surface area contributed by atoms with Crippen LogP contribution in [0.25, 0.3) is 22.3 Å². The number of phenols is 2. The number of methoxy groups -OCH3 is 1. The van der Waals surface area contributed by atoms with Crippen LogP contribution >= 0.6 is 0 Å². The number of rotatable bonds is 3. The summed E-state index contributed by atoms with van der Waals surface area (Å²) in [4.78, 5) is 22.4. The van der Waals surface area contributed by atoms with Crippen LogP contribution in [0.1, 0.15) is 0 Å². The molecule has 0 unspecified atom stereocenters. The monoisotopic (exact) mass is 329 g/mol. The second kappa shape index (κ2) is 5.58. The number of aromatic hydroxyl groups is 2. The lowest BCUT2D eigenvalue weighted by Crippen LogP contribution is -2.02. The summed E-state index contributed by atoms with van der Waals surface area (Å²) in [5.74, 6) is -0.979. The van der Waals surface area contributed by atoms with E-state index >= 15 is 0 Å². The largest absolute Gasteiger partial charge is 0.504 e. The summed E-state index contributed by atoms with van der Waals surface area (Å²) in [5, 5.41) is 30.4. The van der Waals surface area contributed by atoms with Gasteiger partial charge in [0.1, 0.15) is 16.7 Å². The Morgan fingerprint density at radius 1 is 1.17 bits per heavy atom. The molecule has 0 radical (unpaired) electrons. The topological polar surface area (TPSA) is 123 Å². The molecule has 2 aromatic carbocycles. The Labute approximate surface area is 134 Å². The second-order valence-electron chi connectivity index (χ2n) is 4.93. The number of phenolic OH excluding ortho intramolecular Hbond substituents is 2. The number of nitrogens with zero attached hydrogens (tertiary/aromatic N) is 1. The number of nitro benzene ring substituents is 1. The van der Waals surface area contributed by atoms with E-state index in [9.17, 15) is 25.1 Å². The molecular formula is C16H11NO7. The van der Waals surface area contributed by atoms with Crippen LogP contribution in [0, 0.1) is 10.1 Å². The highest BCUT2D eigenvalue weighted by Crippen LogP contribution is 2.41. The van der Waals surface area contributed by atoms with Crippen LogP contribution in [-0.2, 0) is 0 Å². The van der Waals surface area contributed by atoms with Gasteiger partial charge in [0, 0.05) is 29.8 Å². The van der Waals surface area contributed by atoms with E-state index in [2.05, 4.69) is 0 Å². The Balaban J connectivity index is 2.21. The Hall–Kier alpha value is -3.55. The van der Waals surface area contributed by atoms with E-state index < -0.39 is 16.1 Å². The van der Waals surface area contributed by atoms with Crippen LogP contribution in [0.2, 0.25) is 0 Å². The summed E-state index contributed by atoms with van der Waals surface area (Å²) in [6, 6.07) is 7.74. The average molecular weight is 329 g/mol. The van der Waals surface area contributed by atoms with Crippen LogP contribution in [0.4, 0.5) is 5.69 Å². The van der Waals surface area contributed by atoms with Gasteiger partial charge in [-0.3, -0.25) is 14.9 Å². The molecule has 8 heteroatoms. The van der Waals surface area contributed by atoms with Crippen LogP contribution < -0.4 is 10.2 Å². The van der Waals surface area contributed by atoms with E-state index in [0.29, 0.717) is 5.56 Å². The van der Waals surface area contributed by atoms with Gasteiger partial charge in [-0.25, -0.2) is 0 Å². The average Bonchev–Trinajstić information content (AvgIpc) is 2.54. The van der Waals surface area contributed by atoms with Crippen molar-refractivity contribution < 1.29 is 24.3 Å². The first kappa shape index (κ1) is 15.3. The van der Waals surface area contributed by atoms with Crippen molar-refractivity contribution in [1.82, 2.24) is 0 Å². The van der Waals surface area contributed by atoms with E-state index in [4.69, 9.17) is 9.15 Å². The lowest BCUT2D eigenvalue weighted by molar-refractivity contribution is -0.384. The molecule has 122 valence electrons. The number of hydrogen-bond acceptors (Lipinski definition) is 7. The van der Waals surface area contributed by atoms with Crippen LogP contribution in [0.5, 0.6) is 17.2 Å². The molecule has 0 saturated carbocycles. The van der Waals surface area contributed by atoms with Gasteiger partial charge in [0.25, 0.3) is 5.69 Å². The minimum Gasteiger partial charge on any atom is -0.504 e. The van der Waals surface area contributed by atoms with Crippen molar-refractivity contribution in [2.24, 2.45) is 0 Å². The van der Waals surface area contributed by atoms with Gasteiger partial charge in [0.2, 0.25) is 5.75 Å². The zero-order valence-electron chi connectivity index (χ0n) is 12.3. The zero-order valence-corrected chi connectivity index (χ0v) is 12.3. The van der Waals surface area contributed by atoms with E-state index in [-0.39, 0.29) is 33.9 Å². The fourth-order valence-electron chi connectivity index (χ4n) is 2.36. The van der Waals surface area contributed by atoms with Gasteiger partial charge in [-0.05, 0) is 12.1 Å². The number of hydrogen-bond donors (Lipinski definition) is 2. The normalized spacial score (nSPS) is 10.7. The third-order valence-corrected chi connectivity index (χ3v) is 3.49. The van der Waals surface area contributed by atoms with Gasteiger partial charge >= 0.3 is 0 Å². The van der Waals surface area contributed by atoms with E-state index in [1.54, 1.807) is 0 Å². The van der Waals surface area contributed by atoms with Gasteiger partial charge in [-0.1, -0.05) is 0 Å². The molecule has 8 nitrogen and oxygen atoms in total. The molecule has 0 spiro atoms. The van der Waals surface area contributed by atoms with Crippen LogP contribution in [0.3, 0.4) is 0 Å². The molecular weight excluding hydrogens is 318 g/mol. The summed E-state index contributed by atoms with van der Waals surface area (Å²) in [7, 11) is 1.24. The van der Waals surface area contributed by atoms with Crippen molar-refractivity contribution in [3.05, 3.63) is 56.7 Å². The molecule has 0 aliphatic rings. The Morgan fingerprint density at radius 3 is 2.42 bits per heavy atom. The third kappa shape index (κ3) is 2.39. The van der Waals surface area contributed by atoms with Gasteiger partial charge in [0.15, 0.2) is 16.9 Å². The Kier molecular flexibility index (Phi) is 3.57. The van der Waals surface area contributed by atoms with Gasteiger partial charge < -0.3 is 19.4 Å². The van der Waals surface area contributed by atoms with Crippen molar-refractivity contribution in [2.75, 3.05) is 7.11 Å². The van der Waals surface area contributed by atoms with Gasteiger partial charge in [-0.2, -0.15) is 0 Å². The molecule has 24 heavy (non-hydrogen) atoms. The number of nitro groups is 1. The summed E-state index contributed by atoms with van der Waals surface area (Å²) >= 11 is 0. The fourth-order valence-corrected chi connectivity index (χ4v) is 2.36. The Bertz CT molecular complexity index is 1010. The summed E-state index contributed by atoms with van der Waals surface area (Å²) in [5.41, 5.74) is -0.233. The van der Waals surface area contributed by atoms with Crippen LogP contribution in [-0.4, -0.2) is 22.2 Å². The highest BCUT2D eigenvalue weighted by Gasteiger charge is 2.18. The summed E-state index contributed by atoms with van der Waals surface area (Å²) in [6.45, 7) is 0. The van der Waals surface area contributed by atoms with Gasteiger partial charge in [0.05, 0.1) is 12.0 Å². The van der Waals surface area contributed by atoms with E-state index in [0.717, 1.165) is 12.1 Å². The maximum Gasteiger partial charge on any atom is 0.269 e. The highest BCUT2D eigenvalue weighted by molar-refractivity contribution is 5.89. The molecule has 2 N–H and O–H groups in total. The lowest BCUT2D eigenvalue weighted by atomic mass is 10.1. The maximum atomic E-state index is 12.3. The number of non-ortho nitro benzene ring substituents is 1. The molecule has 1 heterocycles. The zero-order chi connectivity index (χ0) is 17.4. The molecule has 0 fully saturated rings. The molecule has 3 aromatic rings. The third-order valence-electron chi connectivity index (χ3n) is 3.49. The molecule has 1 aromatic heterocycles. The minimum absolute atomic E-state index is 0.0355. The first-order valence-electron chi connectivity index (χ1n) is 6.74. The smallest absolute Gasteiger partial charge is 0.269 e. The van der Waals surface area contributed by atoms with Crippen molar-refractivity contribution >= 4 is 16.7 Å². The van der Waals surface area contributed by atoms with Crippen molar-refractivity contribution in [3.63, 3.8) is 0 Å². The van der Waals surface area contributed by atoms with Crippen molar-refractivity contribution in [1.29, 1.82) is 0 Å². The fraction of sp³-hybridized carbons (Fsp3) is 0.0625. The quantitative estimate of drug-likeness (QED) is 0.559. The Morgan fingerprint density at radius 2 is 1.83 bits per heavy atom. The first-order valence-corrected chi connectivity index (χ1v) is 6.74. The molecule has 0 amide bonds. The highest BCUT2D eigenvalue weighted by atomic mass is 16.6. The summed E-state index contributed by atoms with van der Waals surface area (Å²) < 4.78 is 10.4. The maximum absolute atomic E-state index is 12.3. The van der Waals surface area contributed by atoms with E-state index in [1.165, 1.54) is 31.4 Å². The first-order chi connectivity index (χ1) is 11.4. The number of fused-ring (bicyclic) bond motifs is 1. The molecule has 3 rings (SSSR count). The number of ether oxygens (including phenoxy) is 1. The second-order valence-corrected chi connectivity index (χ2v) is 4.93. The van der Waals surface area contributed by atoms with Crippen molar-refractivity contribution in [2.45, 2.75) is 0 Å². The van der Waals surface area contributed by atoms with E-state index in [1.807, 2.05) is 0 Å². The van der Waals surface area contributed by atoms with Crippen molar-refractivity contribution in [3.8, 4) is 28.6 Å². The predicted molar refractivity (Wildman–Crippen MR) is 84.5 cm³/mol. The van der Waals surface area contributed by atoms with Gasteiger partial charge in [-0.15, -0.1) is 0 Å². The standard InChI is InChI=1S/C16H11NO7/c1-23-16-11(19)7-13-14(15(16)20)10(18)6-12(24-13)8-2-4-9(5-3-8)17(21)22/h2-7,19-20H,1H3. The number of benzene rings is 2.